The van der Waals surface area contributed by atoms with Gasteiger partial charge in [0.05, 0.1) is 6.54 Å². The van der Waals surface area contributed by atoms with Gasteiger partial charge in [0, 0.05) is 19.1 Å². The molecular weight excluding hydrogens is 152 g/mol. The van der Waals surface area contributed by atoms with E-state index in [1.165, 1.54) is 13.0 Å². The van der Waals surface area contributed by atoms with Gasteiger partial charge in [-0.15, -0.1) is 0 Å². The fourth-order valence-electron chi connectivity index (χ4n) is 1.74. The molecule has 2 aliphatic rings. The van der Waals surface area contributed by atoms with Crippen LogP contribution in [0, 0.1) is 0 Å². The van der Waals surface area contributed by atoms with Crippen LogP contribution in [0.2, 0.25) is 0 Å². The number of nitrogens with one attached hydrogen (secondary N) is 2. The van der Waals surface area contributed by atoms with Crippen LogP contribution in [-0.2, 0) is 0 Å². The van der Waals surface area contributed by atoms with E-state index in [0.29, 0.717) is 6.04 Å². The zero-order valence-electron chi connectivity index (χ0n) is 7.51. The summed E-state index contributed by atoms with van der Waals surface area (Å²) in [7, 11) is 2.16. The van der Waals surface area contributed by atoms with Gasteiger partial charge in [0.25, 0.3) is 0 Å². The lowest BCUT2D eigenvalue weighted by atomic mass is 10.3. The van der Waals surface area contributed by atoms with Crippen molar-refractivity contribution in [3.8, 4) is 0 Å². The SMILES string of the molecule is CN1CCC(NC2=NCCN2)C1. The van der Waals surface area contributed by atoms with E-state index in [1.807, 2.05) is 0 Å². The van der Waals surface area contributed by atoms with E-state index in [1.54, 1.807) is 0 Å². The summed E-state index contributed by atoms with van der Waals surface area (Å²) in [6, 6.07) is 0.597. The molecule has 2 aliphatic heterocycles. The largest absolute Gasteiger partial charge is 0.355 e. The Morgan fingerprint density at radius 3 is 3.17 bits per heavy atom. The summed E-state index contributed by atoms with van der Waals surface area (Å²) in [6.45, 7) is 4.25. The van der Waals surface area contributed by atoms with E-state index in [4.69, 9.17) is 0 Å². The molecule has 0 aromatic heterocycles. The number of nitrogens with zero attached hydrogens (tertiary/aromatic N) is 2. The van der Waals surface area contributed by atoms with Crippen LogP contribution in [0.4, 0.5) is 0 Å². The van der Waals surface area contributed by atoms with Crippen LogP contribution in [0.5, 0.6) is 0 Å². The third-order valence-corrected chi connectivity index (χ3v) is 2.41. The van der Waals surface area contributed by atoms with Gasteiger partial charge in [0.15, 0.2) is 5.96 Å². The second-order valence-electron chi connectivity index (χ2n) is 3.55. The normalized spacial score (nSPS) is 30.1. The molecule has 2 rings (SSSR count). The molecule has 0 bridgehead atoms. The molecule has 1 atom stereocenters. The van der Waals surface area contributed by atoms with Crippen molar-refractivity contribution in [3.63, 3.8) is 0 Å². The lowest BCUT2D eigenvalue weighted by Gasteiger charge is -2.13. The number of hydrogen-bond acceptors (Lipinski definition) is 4. The van der Waals surface area contributed by atoms with Crippen LogP contribution in [-0.4, -0.2) is 50.1 Å². The van der Waals surface area contributed by atoms with Gasteiger partial charge in [-0.2, -0.15) is 0 Å². The first kappa shape index (κ1) is 7.86. The smallest absolute Gasteiger partial charge is 0.191 e. The molecule has 4 nitrogen and oxygen atoms in total. The lowest BCUT2D eigenvalue weighted by Crippen LogP contribution is -2.42. The quantitative estimate of drug-likeness (QED) is 0.540. The Labute approximate surface area is 73.0 Å². The minimum Gasteiger partial charge on any atom is -0.355 e. The summed E-state index contributed by atoms with van der Waals surface area (Å²) in [5.74, 6) is 0.996. The van der Waals surface area contributed by atoms with E-state index >= 15 is 0 Å². The number of guanidine groups is 1. The zero-order valence-corrected chi connectivity index (χ0v) is 7.51. The number of rotatable bonds is 1. The molecule has 0 aliphatic carbocycles. The molecule has 4 heteroatoms. The predicted octanol–water partition coefficient (Wildman–Crippen LogP) is -0.761. The summed E-state index contributed by atoms with van der Waals surface area (Å²) in [5, 5.41) is 6.62. The molecule has 0 saturated carbocycles. The fraction of sp³-hybridized carbons (Fsp3) is 0.875. The van der Waals surface area contributed by atoms with Crippen molar-refractivity contribution in [1.29, 1.82) is 0 Å². The molecule has 1 unspecified atom stereocenters. The van der Waals surface area contributed by atoms with Crippen molar-refractivity contribution >= 4 is 5.96 Å². The van der Waals surface area contributed by atoms with E-state index in [0.717, 1.165) is 25.6 Å². The first-order valence-electron chi connectivity index (χ1n) is 4.58. The molecule has 0 aromatic carbocycles. The highest BCUT2D eigenvalue weighted by molar-refractivity contribution is 5.81. The van der Waals surface area contributed by atoms with Crippen LogP contribution in [0.25, 0.3) is 0 Å². The van der Waals surface area contributed by atoms with Gasteiger partial charge in [0.1, 0.15) is 0 Å². The Morgan fingerprint density at radius 1 is 1.67 bits per heavy atom. The highest BCUT2D eigenvalue weighted by Crippen LogP contribution is 2.05. The van der Waals surface area contributed by atoms with Crippen LogP contribution >= 0.6 is 0 Å². The molecule has 2 heterocycles. The Bertz CT molecular complexity index is 189. The molecule has 12 heavy (non-hydrogen) atoms. The lowest BCUT2D eigenvalue weighted by molar-refractivity contribution is 0.407. The van der Waals surface area contributed by atoms with Gasteiger partial charge in [-0.25, -0.2) is 0 Å². The molecule has 1 fully saturated rings. The topological polar surface area (TPSA) is 39.7 Å². The van der Waals surface area contributed by atoms with Gasteiger partial charge in [-0.3, -0.25) is 4.99 Å². The van der Waals surface area contributed by atoms with E-state index in [9.17, 15) is 0 Å². The Kier molecular flexibility index (Phi) is 2.17. The minimum atomic E-state index is 0.597. The van der Waals surface area contributed by atoms with Crippen LogP contribution in [0.1, 0.15) is 6.42 Å². The van der Waals surface area contributed by atoms with E-state index in [-0.39, 0.29) is 0 Å². The Hall–Kier alpha value is -0.770. The van der Waals surface area contributed by atoms with Gasteiger partial charge in [0.2, 0.25) is 0 Å². The molecule has 1 saturated heterocycles. The second kappa shape index (κ2) is 3.31. The molecule has 0 amide bonds. The first-order chi connectivity index (χ1) is 5.84. The van der Waals surface area contributed by atoms with Crippen molar-refractivity contribution in [3.05, 3.63) is 0 Å². The molecule has 0 aromatic rings. The summed E-state index contributed by atoms with van der Waals surface area (Å²) >= 11 is 0. The first-order valence-corrected chi connectivity index (χ1v) is 4.58. The molecule has 0 radical (unpaired) electrons. The van der Waals surface area contributed by atoms with Gasteiger partial charge >= 0.3 is 0 Å². The van der Waals surface area contributed by atoms with Gasteiger partial charge < -0.3 is 15.5 Å². The zero-order chi connectivity index (χ0) is 8.39. The maximum absolute atomic E-state index is 4.30. The monoisotopic (exact) mass is 168 g/mol. The standard InChI is InChI=1S/C8H16N4/c1-12-5-2-7(6-12)11-8-9-3-4-10-8/h7H,2-6H2,1H3,(H2,9,10,11). The van der Waals surface area contributed by atoms with Crippen molar-refractivity contribution in [1.82, 2.24) is 15.5 Å². The highest BCUT2D eigenvalue weighted by atomic mass is 15.3. The van der Waals surface area contributed by atoms with Gasteiger partial charge in [-0.05, 0) is 20.0 Å². The summed E-state index contributed by atoms with van der Waals surface area (Å²) in [5.41, 5.74) is 0. The predicted molar refractivity (Wildman–Crippen MR) is 49.3 cm³/mol. The van der Waals surface area contributed by atoms with Crippen molar-refractivity contribution in [2.75, 3.05) is 33.2 Å². The second-order valence-corrected chi connectivity index (χ2v) is 3.55. The number of aliphatic imine (C=N–C) groups is 1. The van der Waals surface area contributed by atoms with Crippen LogP contribution in [0.15, 0.2) is 4.99 Å². The number of likely N-dealkylation sites (N-methyl/N-ethyl adjacent to an activating group) is 1. The van der Waals surface area contributed by atoms with E-state index < -0.39 is 0 Å². The number of hydrogen-bond donors (Lipinski definition) is 2. The average Bonchev–Trinajstić information content (AvgIpc) is 2.63. The van der Waals surface area contributed by atoms with Gasteiger partial charge in [-0.1, -0.05) is 0 Å². The minimum absolute atomic E-state index is 0.597. The summed E-state index contributed by atoms with van der Waals surface area (Å²) in [6.07, 6.45) is 1.23. The van der Waals surface area contributed by atoms with Crippen molar-refractivity contribution < 1.29 is 0 Å². The van der Waals surface area contributed by atoms with Crippen molar-refractivity contribution in [2.24, 2.45) is 4.99 Å². The molecule has 68 valence electrons. The Morgan fingerprint density at radius 2 is 2.58 bits per heavy atom. The van der Waals surface area contributed by atoms with Crippen LogP contribution in [0.3, 0.4) is 0 Å². The fourth-order valence-corrected chi connectivity index (χ4v) is 1.74. The Balaban J connectivity index is 1.79. The average molecular weight is 168 g/mol. The number of likely N-dealkylation sites (tertiary alicyclic amines) is 1. The molecular formula is C8H16N4. The summed E-state index contributed by atoms with van der Waals surface area (Å²) < 4.78 is 0. The maximum atomic E-state index is 4.30. The summed E-state index contributed by atoms with van der Waals surface area (Å²) in [4.78, 5) is 6.64. The molecule has 0 spiro atoms. The molecule has 2 N–H and O–H groups in total. The van der Waals surface area contributed by atoms with E-state index in [2.05, 4.69) is 27.6 Å². The third-order valence-electron chi connectivity index (χ3n) is 2.41. The third kappa shape index (κ3) is 1.69. The van der Waals surface area contributed by atoms with Crippen LogP contribution < -0.4 is 10.6 Å². The highest BCUT2D eigenvalue weighted by Gasteiger charge is 2.20. The van der Waals surface area contributed by atoms with Crippen molar-refractivity contribution in [2.45, 2.75) is 12.5 Å². The maximum Gasteiger partial charge on any atom is 0.191 e.